The Morgan fingerprint density at radius 2 is 2.07 bits per heavy atom. The van der Waals surface area contributed by atoms with E-state index < -0.39 is 0 Å². The van der Waals surface area contributed by atoms with Gasteiger partial charge in [0.2, 0.25) is 5.91 Å². The van der Waals surface area contributed by atoms with Crippen molar-refractivity contribution in [2.45, 2.75) is 31.8 Å². The van der Waals surface area contributed by atoms with Gasteiger partial charge in [0.05, 0.1) is 31.9 Å². The lowest BCUT2D eigenvalue weighted by molar-refractivity contribution is -0.132. The predicted octanol–water partition coefficient (Wildman–Crippen LogP) is 0.141. The predicted molar refractivity (Wildman–Crippen MR) is 112 cm³/mol. The van der Waals surface area contributed by atoms with Crippen LogP contribution < -0.4 is 15.5 Å². The second kappa shape index (κ2) is 9.69. The summed E-state index contributed by atoms with van der Waals surface area (Å²) >= 11 is 0. The normalized spacial score (nSPS) is 24.0. The fourth-order valence-electron chi connectivity index (χ4n) is 4.46. The highest BCUT2D eigenvalue weighted by atomic mass is 16.5. The first-order chi connectivity index (χ1) is 14.2. The fourth-order valence-corrected chi connectivity index (χ4v) is 4.46. The highest BCUT2D eigenvalue weighted by Crippen LogP contribution is 2.29. The minimum Gasteiger partial charge on any atom is -0.379 e. The maximum Gasteiger partial charge on any atom is 0.242 e. The molecule has 0 spiro atoms. The Kier molecular flexibility index (Phi) is 6.78. The molecule has 0 radical (unpaired) electrons. The zero-order valence-corrected chi connectivity index (χ0v) is 17.4. The van der Waals surface area contributed by atoms with Crippen LogP contribution in [0.25, 0.3) is 0 Å². The van der Waals surface area contributed by atoms with Crippen LogP contribution in [-0.4, -0.2) is 97.8 Å². The van der Waals surface area contributed by atoms with Crippen LogP contribution in [0.5, 0.6) is 0 Å². The number of carbonyl (C=O) groups is 1. The molecule has 3 aliphatic rings. The monoisotopic (exact) mass is 403 g/mol. The van der Waals surface area contributed by atoms with E-state index in [1.54, 1.807) is 6.33 Å². The van der Waals surface area contributed by atoms with Crippen molar-refractivity contribution in [2.24, 2.45) is 0 Å². The number of rotatable bonds is 5. The molecule has 4 rings (SSSR count). The molecule has 2 N–H and O–H groups in total. The number of nitrogens with one attached hydrogen (secondary N) is 2. The second-order valence-corrected chi connectivity index (χ2v) is 8.12. The number of anilines is 2. The molecular weight excluding hydrogens is 370 g/mol. The summed E-state index contributed by atoms with van der Waals surface area (Å²) < 4.78 is 5.42. The lowest BCUT2D eigenvalue weighted by Crippen LogP contribution is -2.43. The van der Waals surface area contributed by atoms with E-state index in [9.17, 15) is 4.79 Å². The number of nitrogens with zero attached hydrogens (tertiary/aromatic N) is 5. The molecule has 3 aliphatic heterocycles. The third-order valence-electron chi connectivity index (χ3n) is 6.12. The smallest absolute Gasteiger partial charge is 0.242 e. The molecule has 2 fully saturated rings. The largest absolute Gasteiger partial charge is 0.379 e. The maximum atomic E-state index is 13.0. The van der Waals surface area contributed by atoms with Gasteiger partial charge in [0.1, 0.15) is 18.0 Å². The van der Waals surface area contributed by atoms with E-state index in [1.165, 1.54) is 0 Å². The van der Waals surface area contributed by atoms with E-state index in [0.717, 1.165) is 88.9 Å². The number of hydrogen-bond donors (Lipinski definition) is 2. The summed E-state index contributed by atoms with van der Waals surface area (Å²) in [6.07, 6.45) is 4.75. The van der Waals surface area contributed by atoms with E-state index in [-0.39, 0.29) is 11.9 Å². The molecule has 1 aromatic heterocycles. The number of aromatic nitrogens is 2. The molecule has 0 aromatic carbocycles. The summed E-state index contributed by atoms with van der Waals surface area (Å²) in [4.78, 5) is 28.5. The summed E-state index contributed by atoms with van der Waals surface area (Å²) in [7, 11) is 1.94. The Hall–Kier alpha value is -1.97. The van der Waals surface area contributed by atoms with Crippen LogP contribution >= 0.6 is 0 Å². The van der Waals surface area contributed by atoms with E-state index >= 15 is 0 Å². The summed E-state index contributed by atoms with van der Waals surface area (Å²) in [5.74, 6) is 1.88. The summed E-state index contributed by atoms with van der Waals surface area (Å²) in [6, 6.07) is 0.276. The third-order valence-corrected chi connectivity index (χ3v) is 6.12. The Bertz CT molecular complexity index is 687. The zero-order valence-electron chi connectivity index (χ0n) is 17.4. The topological polar surface area (TPSA) is 85.9 Å². The van der Waals surface area contributed by atoms with Gasteiger partial charge < -0.3 is 25.2 Å². The molecule has 1 aromatic rings. The van der Waals surface area contributed by atoms with Gasteiger partial charge in [-0.05, 0) is 32.4 Å². The molecule has 1 atom stereocenters. The Labute approximate surface area is 172 Å². The van der Waals surface area contributed by atoms with E-state index in [4.69, 9.17) is 4.74 Å². The van der Waals surface area contributed by atoms with Gasteiger partial charge in [-0.1, -0.05) is 0 Å². The Morgan fingerprint density at radius 1 is 1.21 bits per heavy atom. The summed E-state index contributed by atoms with van der Waals surface area (Å²) in [5, 5.41) is 6.95. The van der Waals surface area contributed by atoms with E-state index in [1.807, 2.05) is 11.9 Å². The van der Waals surface area contributed by atoms with Crippen LogP contribution in [0.4, 0.5) is 11.6 Å². The highest BCUT2D eigenvalue weighted by Gasteiger charge is 2.31. The molecular formula is C20H33N7O2. The van der Waals surface area contributed by atoms with Crippen LogP contribution in [0.3, 0.4) is 0 Å². The lowest BCUT2D eigenvalue weighted by atomic mass is 10.1. The van der Waals surface area contributed by atoms with Crippen molar-refractivity contribution in [3.8, 4) is 0 Å². The molecule has 2 saturated heterocycles. The van der Waals surface area contributed by atoms with Crippen molar-refractivity contribution in [3.05, 3.63) is 11.9 Å². The number of fused-ring (bicyclic) bond motifs is 1. The first-order valence-corrected chi connectivity index (χ1v) is 10.8. The minimum atomic E-state index is 0.177. The van der Waals surface area contributed by atoms with E-state index in [2.05, 4.69) is 30.4 Å². The SMILES string of the molecule is CN1CC(=O)N(C2CCCNCC2)Cc2c(NCCN3CCOCC3)ncnc21. The third kappa shape index (κ3) is 4.96. The maximum absolute atomic E-state index is 13.0. The zero-order chi connectivity index (χ0) is 20.1. The summed E-state index contributed by atoms with van der Waals surface area (Å²) in [5.41, 5.74) is 1.03. The van der Waals surface area contributed by atoms with Gasteiger partial charge in [-0.25, -0.2) is 9.97 Å². The standard InChI is InChI=1S/C20H33N7O2/c1-25-14-18(28)27(16-3-2-5-21-6-4-16)13-17-19(23-15-24-20(17)25)22-7-8-26-9-11-29-12-10-26/h15-16,21H,2-14H2,1H3,(H,22,23,24). The van der Waals surface area contributed by atoms with Crippen molar-refractivity contribution in [1.29, 1.82) is 0 Å². The van der Waals surface area contributed by atoms with Crippen molar-refractivity contribution in [1.82, 2.24) is 25.1 Å². The van der Waals surface area contributed by atoms with Gasteiger partial charge in [-0.3, -0.25) is 9.69 Å². The van der Waals surface area contributed by atoms with Crippen LogP contribution in [0.1, 0.15) is 24.8 Å². The van der Waals surface area contributed by atoms with Crippen LogP contribution in [0, 0.1) is 0 Å². The molecule has 1 amide bonds. The number of ether oxygens (including phenoxy) is 1. The number of morpholine rings is 1. The molecule has 4 heterocycles. The van der Waals surface area contributed by atoms with Crippen LogP contribution in [-0.2, 0) is 16.1 Å². The molecule has 0 saturated carbocycles. The number of likely N-dealkylation sites (N-methyl/N-ethyl adjacent to an activating group) is 1. The van der Waals surface area contributed by atoms with Crippen molar-refractivity contribution >= 4 is 17.5 Å². The average molecular weight is 404 g/mol. The van der Waals surface area contributed by atoms with Gasteiger partial charge >= 0.3 is 0 Å². The Balaban J connectivity index is 1.49. The molecule has 160 valence electrons. The van der Waals surface area contributed by atoms with Gasteiger partial charge in [0.25, 0.3) is 0 Å². The first-order valence-electron chi connectivity index (χ1n) is 10.8. The fraction of sp³-hybridized carbons (Fsp3) is 0.750. The molecule has 1 unspecified atom stereocenters. The van der Waals surface area contributed by atoms with Gasteiger partial charge in [0, 0.05) is 39.3 Å². The lowest BCUT2D eigenvalue weighted by Gasteiger charge is -2.30. The van der Waals surface area contributed by atoms with Crippen LogP contribution in [0.15, 0.2) is 6.33 Å². The number of carbonyl (C=O) groups excluding carboxylic acids is 1. The minimum absolute atomic E-state index is 0.177. The molecule has 0 aliphatic carbocycles. The van der Waals surface area contributed by atoms with Gasteiger partial charge in [-0.15, -0.1) is 0 Å². The van der Waals surface area contributed by atoms with Crippen molar-refractivity contribution in [3.63, 3.8) is 0 Å². The van der Waals surface area contributed by atoms with Crippen molar-refractivity contribution < 1.29 is 9.53 Å². The number of hydrogen-bond acceptors (Lipinski definition) is 8. The highest BCUT2D eigenvalue weighted by molar-refractivity contribution is 5.83. The second-order valence-electron chi connectivity index (χ2n) is 8.12. The van der Waals surface area contributed by atoms with E-state index in [0.29, 0.717) is 13.1 Å². The van der Waals surface area contributed by atoms with Gasteiger partial charge in [0.15, 0.2) is 0 Å². The van der Waals surface area contributed by atoms with Crippen LogP contribution in [0.2, 0.25) is 0 Å². The molecule has 9 heteroatoms. The summed E-state index contributed by atoms with van der Waals surface area (Å²) in [6.45, 7) is 8.27. The molecule has 29 heavy (non-hydrogen) atoms. The molecule has 9 nitrogen and oxygen atoms in total. The first kappa shape index (κ1) is 20.3. The van der Waals surface area contributed by atoms with Crippen molar-refractivity contribution in [2.75, 3.05) is 76.3 Å². The molecule has 0 bridgehead atoms. The quantitative estimate of drug-likeness (QED) is 0.718. The van der Waals surface area contributed by atoms with Gasteiger partial charge in [-0.2, -0.15) is 0 Å². The Morgan fingerprint density at radius 3 is 2.93 bits per heavy atom. The number of amides is 1. The average Bonchev–Trinajstić information content (AvgIpc) is 3.08.